The lowest BCUT2D eigenvalue weighted by atomic mass is 9.91. The zero-order valence-corrected chi connectivity index (χ0v) is 14.8. The lowest BCUT2D eigenvalue weighted by molar-refractivity contribution is -0.135. The number of pyridine rings is 2. The highest BCUT2D eigenvalue weighted by molar-refractivity contribution is 6.01. The lowest BCUT2D eigenvalue weighted by Gasteiger charge is -2.15. The summed E-state index contributed by atoms with van der Waals surface area (Å²) in [6.45, 7) is -0.554. The van der Waals surface area contributed by atoms with Crippen LogP contribution in [0.4, 0.5) is 0 Å². The Bertz CT molecular complexity index is 1140. The van der Waals surface area contributed by atoms with Gasteiger partial charge < -0.3 is 15.5 Å². The van der Waals surface area contributed by atoms with Gasteiger partial charge in [0, 0.05) is 10.9 Å². The topological polar surface area (TPSA) is 112 Å². The molecule has 1 aliphatic rings. The number of aliphatic carboxylic acids is 1. The van der Waals surface area contributed by atoms with Crippen molar-refractivity contribution in [2.24, 2.45) is 0 Å². The largest absolute Gasteiger partial charge is 0.505 e. The van der Waals surface area contributed by atoms with Crippen molar-refractivity contribution in [2.75, 3.05) is 6.54 Å². The van der Waals surface area contributed by atoms with E-state index in [2.05, 4.69) is 33.5 Å². The fourth-order valence-corrected chi connectivity index (χ4v) is 3.33. The van der Waals surface area contributed by atoms with Gasteiger partial charge in [-0.25, -0.2) is 9.97 Å². The summed E-state index contributed by atoms with van der Waals surface area (Å²) in [5.74, 6) is -2.26. The van der Waals surface area contributed by atoms with Crippen LogP contribution in [0.25, 0.3) is 28.2 Å². The van der Waals surface area contributed by atoms with E-state index in [1.807, 2.05) is 12.1 Å². The molecule has 0 unspecified atom stereocenters. The third kappa shape index (κ3) is 3.18. The van der Waals surface area contributed by atoms with Crippen LogP contribution < -0.4 is 5.32 Å². The fraction of sp³-hybridized carbons (Fsp3) is 0.143. The molecular formula is C21H17N3O4. The Morgan fingerprint density at radius 1 is 1.18 bits per heavy atom. The molecule has 0 saturated heterocycles. The standard InChI is InChI=1S/C21H17N3O4/c25-18(26)11-23-21(28)19-20(27)15-8-9-16(24-17(15)10-22-19)14-7-3-5-12-4-1-2-6-13(12)14/h2-3,5-10,27H,1,4,11H2,(H,23,28)(H,25,26). The van der Waals surface area contributed by atoms with Crippen molar-refractivity contribution in [2.45, 2.75) is 12.8 Å². The molecule has 0 fully saturated rings. The minimum absolute atomic E-state index is 0.233. The number of carbonyl (C=O) groups is 2. The molecule has 0 bridgehead atoms. The zero-order chi connectivity index (χ0) is 19.7. The van der Waals surface area contributed by atoms with E-state index < -0.39 is 18.4 Å². The monoisotopic (exact) mass is 375 g/mol. The van der Waals surface area contributed by atoms with E-state index in [0.717, 1.165) is 29.7 Å². The van der Waals surface area contributed by atoms with Gasteiger partial charge in [0.15, 0.2) is 11.4 Å². The summed E-state index contributed by atoms with van der Waals surface area (Å²) in [6.07, 6.45) is 7.66. The number of carboxylic acids is 1. The Kier molecular flexibility index (Phi) is 4.49. The van der Waals surface area contributed by atoms with Crippen molar-refractivity contribution in [1.29, 1.82) is 0 Å². The molecule has 2 heterocycles. The summed E-state index contributed by atoms with van der Waals surface area (Å²) in [5, 5.41) is 21.6. The number of carbonyl (C=O) groups excluding carboxylic acids is 1. The van der Waals surface area contributed by atoms with Crippen LogP contribution in [0.5, 0.6) is 5.75 Å². The molecule has 7 heteroatoms. The first-order valence-corrected chi connectivity index (χ1v) is 8.82. The highest BCUT2D eigenvalue weighted by Gasteiger charge is 2.18. The van der Waals surface area contributed by atoms with Crippen molar-refractivity contribution in [3.05, 3.63) is 59.4 Å². The van der Waals surface area contributed by atoms with Crippen molar-refractivity contribution in [1.82, 2.24) is 15.3 Å². The van der Waals surface area contributed by atoms with Gasteiger partial charge in [-0.2, -0.15) is 0 Å². The average Bonchev–Trinajstić information content (AvgIpc) is 2.71. The number of carboxylic acid groups (broad SMARTS) is 1. The number of nitrogens with zero attached hydrogens (tertiary/aromatic N) is 2. The molecule has 28 heavy (non-hydrogen) atoms. The summed E-state index contributed by atoms with van der Waals surface area (Å²) in [5.41, 5.74) is 4.37. The molecule has 1 amide bonds. The third-order valence-corrected chi connectivity index (χ3v) is 4.67. The number of aryl methyl sites for hydroxylation is 1. The number of aromatic nitrogens is 2. The number of nitrogens with one attached hydrogen (secondary N) is 1. The van der Waals surface area contributed by atoms with Crippen molar-refractivity contribution in [3.8, 4) is 17.0 Å². The minimum Gasteiger partial charge on any atom is -0.505 e. The molecule has 0 spiro atoms. The van der Waals surface area contributed by atoms with Gasteiger partial charge in [0.25, 0.3) is 5.91 Å². The minimum atomic E-state index is -1.18. The molecule has 0 saturated carbocycles. The van der Waals surface area contributed by atoms with Crippen LogP contribution in [0.3, 0.4) is 0 Å². The van der Waals surface area contributed by atoms with Crippen LogP contribution in [0.2, 0.25) is 0 Å². The van der Waals surface area contributed by atoms with Gasteiger partial charge in [0.05, 0.1) is 17.4 Å². The lowest BCUT2D eigenvalue weighted by Crippen LogP contribution is -2.29. The number of amides is 1. The fourth-order valence-electron chi connectivity index (χ4n) is 3.33. The van der Waals surface area contributed by atoms with Crippen LogP contribution in [0.15, 0.2) is 42.6 Å². The first kappa shape index (κ1) is 17.7. The summed E-state index contributed by atoms with van der Waals surface area (Å²) in [6, 6.07) is 9.60. The van der Waals surface area contributed by atoms with E-state index in [0.29, 0.717) is 10.9 Å². The van der Waals surface area contributed by atoms with E-state index in [1.165, 1.54) is 11.8 Å². The highest BCUT2D eigenvalue weighted by Crippen LogP contribution is 2.32. The molecule has 2 aromatic heterocycles. The van der Waals surface area contributed by atoms with Crippen LogP contribution in [0, 0.1) is 0 Å². The van der Waals surface area contributed by atoms with E-state index >= 15 is 0 Å². The SMILES string of the molecule is O=C(O)CNC(=O)c1ncc2nc(-c3cccc4c3C=CCC4)ccc2c1O. The van der Waals surface area contributed by atoms with Gasteiger partial charge >= 0.3 is 5.97 Å². The van der Waals surface area contributed by atoms with E-state index in [-0.39, 0.29) is 11.4 Å². The van der Waals surface area contributed by atoms with Crippen LogP contribution in [0.1, 0.15) is 28.0 Å². The molecule has 1 aliphatic carbocycles. The molecule has 1 aromatic carbocycles. The summed E-state index contributed by atoms with van der Waals surface area (Å²) >= 11 is 0. The Labute approximate surface area is 160 Å². The van der Waals surface area contributed by atoms with Gasteiger partial charge in [0.1, 0.15) is 6.54 Å². The van der Waals surface area contributed by atoms with Crippen molar-refractivity contribution >= 4 is 28.9 Å². The van der Waals surface area contributed by atoms with E-state index in [9.17, 15) is 14.7 Å². The number of allylic oxidation sites excluding steroid dienone is 1. The number of rotatable bonds is 4. The number of aromatic hydroxyl groups is 1. The second-order valence-corrected chi connectivity index (χ2v) is 6.48. The Morgan fingerprint density at radius 3 is 2.86 bits per heavy atom. The first-order valence-electron chi connectivity index (χ1n) is 8.82. The maximum absolute atomic E-state index is 12.0. The van der Waals surface area contributed by atoms with Gasteiger partial charge in [-0.05, 0) is 36.1 Å². The van der Waals surface area contributed by atoms with Crippen molar-refractivity contribution in [3.63, 3.8) is 0 Å². The number of hydrogen-bond acceptors (Lipinski definition) is 5. The van der Waals surface area contributed by atoms with E-state index in [1.54, 1.807) is 12.1 Å². The van der Waals surface area contributed by atoms with Gasteiger partial charge in [-0.1, -0.05) is 30.4 Å². The number of benzene rings is 1. The molecule has 0 atom stereocenters. The van der Waals surface area contributed by atoms with Crippen LogP contribution >= 0.6 is 0 Å². The highest BCUT2D eigenvalue weighted by atomic mass is 16.4. The quantitative estimate of drug-likeness (QED) is 0.646. The third-order valence-electron chi connectivity index (χ3n) is 4.67. The number of fused-ring (bicyclic) bond motifs is 2. The first-order chi connectivity index (χ1) is 13.5. The predicted molar refractivity (Wildman–Crippen MR) is 104 cm³/mol. The van der Waals surface area contributed by atoms with Crippen molar-refractivity contribution < 1.29 is 19.8 Å². The Hall–Kier alpha value is -3.74. The summed E-state index contributed by atoms with van der Waals surface area (Å²) in [7, 11) is 0. The van der Waals surface area contributed by atoms with Crippen LogP contribution in [-0.4, -0.2) is 38.6 Å². The molecule has 0 aliphatic heterocycles. The zero-order valence-electron chi connectivity index (χ0n) is 14.8. The number of hydrogen-bond donors (Lipinski definition) is 3. The Balaban J connectivity index is 1.74. The van der Waals surface area contributed by atoms with E-state index in [4.69, 9.17) is 5.11 Å². The Morgan fingerprint density at radius 2 is 2.04 bits per heavy atom. The molecule has 140 valence electrons. The summed E-state index contributed by atoms with van der Waals surface area (Å²) in [4.78, 5) is 31.2. The second-order valence-electron chi connectivity index (χ2n) is 6.48. The molecular weight excluding hydrogens is 358 g/mol. The average molecular weight is 375 g/mol. The maximum Gasteiger partial charge on any atom is 0.322 e. The second kappa shape index (κ2) is 7.11. The van der Waals surface area contributed by atoms with Gasteiger partial charge in [-0.15, -0.1) is 0 Å². The smallest absolute Gasteiger partial charge is 0.322 e. The van der Waals surface area contributed by atoms with Crippen LogP contribution in [-0.2, 0) is 11.2 Å². The predicted octanol–water partition coefficient (Wildman–Crippen LogP) is 2.78. The molecule has 7 nitrogen and oxygen atoms in total. The van der Waals surface area contributed by atoms with Gasteiger partial charge in [0.2, 0.25) is 0 Å². The maximum atomic E-state index is 12.0. The molecule has 3 aromatic rings. The summed E-state index contributed by atoms with van der Waals surface area (Å²) < 4.78 is 0. The molecule has 3 N–H and O–H groups in total. The van der Waals surface area contributed by atoms with Gasteiger partial charge in [-0.3, -0.25) is 9.59 Å². The molecule has 4 rings (SSSR count). The normalized spacial score (nSPS) is 12.6. The molecule has 0 radical (unpaired) electrons.